The van der Waals surface area contributed by atoms with Gasteiger partial charge in [-0.15, -0.1) is 0 Å². The number of hydrogen-bond donors (Lipinski definition) is 1. The second kappa shape index (κ2) is 5.10. The van der Waals surface area contributed by atoms with Crippen LogP contribution in [0.4, 0.5) is 0 Å². The van der Waals surface area contributed by atoms with Crippen molar-refractivity contribution in [3.05, 3.63) is 22.4 Å². The van der Waals surface area contributed by atoms with Crippen LogP contribution in [-0.4, -0.2) is 37.1 Å². The van der Waals surface area contributed by atoms with Crippen LogP contribution in [0.5, 0.6) is 0 Å². The topological polar surface area (TPSA) is 15.3 Å². The van der Waals surface area contributed by atoms with E-state index in [0.29, 0.717) is 12.1 Å². The normalized spacial score (nSPS) is 24.5. The summed E-state index contributed by atoms with van der Waals surface area (Å²) in [4.78, 5) is 2.60. The van der Waals surface area contributed by atoms with E-state index in [1.807, 2.05) is 0 Å². The van der Waals surface area contributed by atoms with Gasteiger partial charge in [0.2, 0.25) is 0 Å². The molecule has 3 heteroatoms. The van der Waals surface area contributed by atoms with Crippen molar-refractivity contribution in [3.8, 4) is 0 Å². The Morgan fingerprint density at radius 3 is 3.13 bits per heavy atom. The molecule has 0 aliphatic carbocycles. The van der Waals surface area contributed by atoms with Gasteiger partial charge >= 0.3 is 0 Å². The molecule has 1 aliphatic heterocycles. The number of likely N-dealkylation sites (N-methyl/N-ethyl adjacent to an activating group) is 1. The van der Waals surface area contributed by atoms with Crippen LogP contribution in [0, 0.1) is 0 Å². The highest BCUT2D eigenvalue weighted by Crippen LogP contribution is 2.17. The van der Waals surface area contributed by atoms with Crippen molar-refractivity contribution in [1.29, 1.82) is 0 Å². The molecule has 1 aromatic rings. The summed E-state index contributed by atoms with van der Waals surface area (Å²) >= 11 is 1.80. The number of nitrogens with zero attached hydrogens (tertiary/aromatic N) is 1. The van der Waals surface area contributed by atoms with Gasteiger partial charge in [-0.3, -0.25) is 4.90 Å². The van der Waals surface area contributed by atoms with E-state index in [2.05, 4.69) is 41.0 Å². The summed E-state index contributed by atoms with van der Waals surface area (Å²) in [5, 5.41) is 7.80. The molecule has 2 nitrogen and oxygen atoms in total. The minimum Gasteiger partial charge on any atom is -0.316 e. The molecular weight excluding hydrogens is 204 g/mol. The molecule has 2 heterocycles. The van der Waals surface area contributed by atoms with Crippen LogP contribution < -0.4 is 5.32 Å². The van der Waals surface area contributed by atoms with E-state index in [1.54, 1.807) is 11.3 Å². The van der Waals surface area contributed by atoms with E-state index >= 15 is 0 Å². The van der Waals surface area contributed by atoms with E-state index < -0.39 is 0 Å². The van der Waals surface area contributed by atoms with Crippen molar-refractivity contribution in [3.63, 3.8) is 0 Å². The van der Waals surface area contributed by atoms with E-state index in [4.69, 9.17) is 0 Å². The summed E-state index contributed by atoms with van der Waals surface area (Å²) in [6.45, 7) is 4.80. The molecule has 1 N–H and O–H groups in total. The van der Waals surface area contributed by atoms with Crippen LogP contribution >= 0.6 is 11.3 Å². The first kappa shape index (κ1) is 11.1. The lowest BCUT2D eigenvalue weighted by Crippen LogP contribution is -2.35. The van der Waals surface area contributed by atoms with Gasteiger partial charge in [-0.2, -0.15) is 11.3 Å². The predicted molar refractivity (Wildman–Crippen MR) is 66.5 cm³/mol. The van der Waals surface area contributed by atoms with Crippen LogP contribution in [0.25, 0.3) is 0 Å². The quantitative estimate of drug-likeness (QED) is 0.841. The monoisotopic (exact) mass is 224 g/mol. The lowest BCUT2D eigenvalue weighted by molar-refractivity contribution is 0.252. The molecule has 1 aliphatic rings. The van der Waals surface area contributed by atoms with Crippen molar-refractivity contribution in [2.24, 2.45) is 0 Å². The fourth-order valence-electron chi connectivity index (χ4n) is 2.30. The Balaban J connectivity index is 1.84. The highest BCUT2D eigenvalue weighted by Gasteiger charge is 2.24. The zero-order valence-corrected chi connectivity index (χ0v) is 10.4. The third-order valence-electron chi connectivity index (χ3n) is 3.36. The Morgan fingerprint density at radius 1 is 1.67 bits per heavy atom. The number of hydrogen-bond acceptors (Lipinski definition) is 3. The highest BCUT2D eigenvalue weighted by molar-refractivity contribution is 7.07. The van der Waals surface area contributed by atoms with Gasteiger partial charge in [0.15, 0.2) is 0 Å². The molecule has 2 rings (SSSR count). The van der Waals surface area contributed by atoms with E-state index in [0.717, 1.165) is 0 Å². The molecule has 1 fully saturated rings. The number of likely N-dealkylation sites (tertiary alicyclic amines) is 1. The van der Waals surface area contributed by atoms with Gasteiger partial charge in [-0.1, -0.05) is 0 Å². The second-order valence-electron chi connectivity index (χ2n) is 4.45. The van der Waals surface area contributed by atoms with Gasteiger partial charge in [0.1, 0.15) is 0 Å². The Morgan fingerprint density at radius 2 is 2.53 bits per heavy atom. The molecule has 1 saturated heterocycles. The largest absolute Gasteiger partial charge is 0.316 e. The van der Waals surface area contributed by atoms with E-state index in [-0.39, 0.29) is 0 Å². The maximum Gasteiger partial charge on any atom is 0.0204 e. The molecule has 0 amide bonds. The molecule has 0 saturated carbocycles. The first-order valence-electron chi connectivity index (χ1n) is 5.72. The zero-order chi connectivity index (χ0) is 10.7. The van der Waals surface area contributed by atoms with E-state index in [1.165, 1.54) is 31.5 Å². The smallest absolute Gasteiger partial charge is 0.0204 e. The molecule has 84 valence electrons. The minimum absolute atomic E-state index is 0.679. The minimum atomic E-state index is 0.679. The molecule has 0 radical (unpaired) electrons. The summed E-state index contributed by atoms with van der Waals surface area (Å²) < 4.78 is 0. The highest BCUT2D eigenvalue weighted by atomic mass is 32.1. The van der Waals surface area contributed by atoms with Crippen LogP contribution in [0.2, 0.25) is 0 Å². The molecule has 0 aromatic carbocycles. The second-order valence-corrected chi connectivity index (χ2v) is 5.23. The van der Waals surface area contributed by atoms with Gasteiger partial charge in [0, 0.05) is 25.2 Å². The van der Waals surface area contributed by atoms with Crippen LogP contribution in [0.1, 0.15) is 18.9 Å². The first-order valence-corrected chi connectivity index (χ1v) is 6.66. The summed E-state index contributed by atoms with van der Waals surface area (Å²) in [5.74, 6) is 0. The standard InChI is InChI=1S/C12H20N2S/c1-10(7-11-4-6-15-9-11)14-5-3-12(8-14)13-2/h4,6,9-10,12-13H,3,5,7-8H2,1-2H3. The fraction of sp³-hybridized carbons (Fsp3) is 0.667. The average molecular weight is 224 g/mol. The van der Waals surface area contributed by atoms with Crippen LogP contribution in [-0.2, 0) is 6.42 Å². The third-order valence-corrected chi connectivity index (χ3v) is 4.09. The number of nitrogens with one attached hydrogen (secondary N) is 1. The van der Waals surface area contributed by atoms with Crippen molar-refractivity contribution in [2.75, 3.05) is 20.1 Å². The maximum atomic E-state index is 3.37. The molecule has 0 bridgehead atoms. The molecule has 2 unspecified atom stereocenters. The summed E-state index contributed by atoms with van der Waals surface area (Å²) in [6, 6.07) is 3.63. The van der Waals surface area contributed by atoms with E-state index in [9.17, 15) is 0 Å². The zero-order valence-electron chi connectivity index (χ0n) is 9.57. The van der Waals surface area contributed by atoms with Gasteiger partial charge in [-0.25, -0.2) is 0 Å². The van der Waals surface area contributed by atoms with Crippen molar-refractivity contribution < 1.29 is 0 Å². The fourth-order valence-corrected chi connectivity index (χ4v) is 2.98. The first-order chi connectivity index (χ1) is 7.29. The van der Waals surface area contributed by atoms with Gasteiger partial charge in [-0.05, 0) is 49.2 Å². The Bertz CT molecular complexity index is 284. The van der Waals surface area contributed by atoms with Crippen LogP contribution in [0.15, 0.2) is 16.8 Å². The predicted octanol–water partition coefficient (Wildman–Crippen LogP) is 1.97. The van der Waals surface area contributed by atoms with Crippen molar-refractivity contribution >= 4 is 11.3 Å². The Labute approximate surface area is 96.3 Å². The lowest BCUT2D eigenvalue weighted by Gasteiger charge is -2.23. The summed E-state index contributed by atoms with van der Waals surface area (Å²) in [6.07, 6.45) is 2.49. The number of rotatable bonds is 4. The number of thiophene rings is 1. The molecule has 15 heavy (non-hydrogen) atoms. The SMILES string of the molecule is CNC1CCN(C(C)Cc2ccsc2)C1. The lowest BCUT2D eigenvalue weighted by atomic mass is 10.1. The maximum absolute atomic E-state index is 3.37. The van der Waals surface area contributed by atoms with Crippen LogP contribution in [0.3, 0.4) is 0 Å². The van der Waals surface area contributed by atoms with Crippen molar-refractivity contribution in [1.82, 2.24) is 10.2 Å². The van der Waals surface area contributed by atoms with Crippen molar-refractivity contribution in [2.45, 2.75) is 31.8 Å². The summed E-state index contributed by atoms with van der Waals surface area (Å²) in [5.41, 5.74) is 1.49. The van der Waals surface area contributed by atoms with Gasteiger partial charge < -0.3 is 5.32 Å². The Hall–Kier alpha value is -0.380. The molecular formula is C12H20N2S. The summed E-state index contributed by atoms with van der Waals surface area (Å²) in [7, 11) is 2.07. The Kier molecular flexibility index (Phi) is 3.78. The molecule has 2 atom stereocenters. The van der Waals surface area contributed by atoms with Gasteiger partial charge in [0.25, 0.3) is 0 Å². The average Bonchev–Trinajstić information content (AvgIpc) is 2.86. The molecule has 0 spiro atoms. The molecule has 1 aromatic heterocycles. The third kappa shape index (κ3) is 2.80. The van der Waals surface area contributed by atoms with Gasteiger partial charge in [0.05, 0.1) is 0 Å².